The molecule has 1 nitrogen and oxygen atoms in total. The monoisotopic (exact) mass is 239 g/mol. The van der Waals surface area contributed by atoms with Crippen LogP contribution in [-0.4, -0.2) is 12.6 Å². The Labute approximate surface area is 109 Å². The van der Waals surface area contributed by atoms with Gasteiger partial charge in [-0.05, 0) is 49.0 Å². The van der Waals surface area contributed by atoms with Gasteiger partial charge in [0.2, 0.25) is 0 Å². The van der Waals surface area contributed by atoms with Crippen LogP contribution in [0.2, 0.25) is 0 Å². The number of hydrogen-bond donors (Lipinski definition) is 1. The Morgan fingerprint density at radius 1 is 1.29 bits per heavy atom. The van der Waals surface area contributed by atoms with Crippen LogP contribution in [0.1, 0.15) is 73.6 Å². The van der Waals surface area contributed by atoms with Gasteiger partial charge in [0.1, 0.15) is 0 Å². The maximum absolute atomic E-state index is 3.77. The molecule has 0 radical (unpaired) electrons. The predicted molar refractivity (Wildman–Crippen MR) is 77.3 cm³/mol. The zero-order chi connectivity index (χ0) is 13.1. The quantitative estimate of drug-likeness (QED) is 0.683. The van der Waals surface area contributed by atoms with Crippen LogP contribution in [0.15, 0.2) is 0 Å². The van der Waals surface area contributed by atoms with Gasteiger partial charge < -0.3 is 5.32 Å². The summed E-state index contributed by atoms with van der Waals surface area (Å²) in [5, 5.41) is 3.77. The van der Waals surface area contributed by atoms with Crippen molar-refractivity contribution >= 4 is 0 Å². The summed E-state index contributed by atoms with van der Waals surface area (Å²) in [4.78, 5) is 0. The average molecular weight is 239 g/mol. The minimum Gasteiger partial charge on any atom is -0.314 e. The summed E-state index contributed by atoms with van der Waals surface area (Å²) in [6, 6.07) is 0.771. The van der Waals surface area contributed by atoms with Crippen molar-refractivity contribution in [2.45, 2.75) is 79.7 Å². The van der Waals surface area contributed by atoms with Gasteiger partial charge in [0.15, 0.2) is 0 Å². The van der Waals surface area contributed by atoms with Gasteiger partial charge in [-0.25, -0.2) is 0 Å². The second-order valence-electron chi connectivity index (χ2n) is 7.81. The molecule has 1 aliphatic carbocycles. The molecule has 1 aliphatic rings. The molecule has 0 bridgehead atoms. The molecule has 0 aliphatic heterocycles. The summed E-state index contributed by atoms with van der Waals surface area (Å²) in [6.07, 6.45) is 6.76. The molecule has 0 aromatic heterocycles. The van der Waals surface area contributed by atoms with Crippen molar-refractivity contribution in [1.82, 2.24) is 5.32 Å². The van der Waals surface area contributed by atoms with Crippen molar-refractivity contribution < 1.29 is 0 Å². The van der Waals surface area contributed by atoms with E-state index in [9.17, 15) is 0 Å². The lowest BCUT2D eigenvalue weighted by molar-refractivity contribution is 0.321. The van der Waals surface area contributed by atoms with E-state index in [0.717, 1.165) is 12.0 Å². The minimum absolute atomic E-state index is 0.494. The first kappa shape index (κ1) is 15.0. The highest BCUT2D eigenvalue weighted by atomic mass is 14.9. The summed E-state index contributed by atoms with van der Waals surface area (Å²) < 4.78 is 0. The molecule has 1 fully saturated rings. The van der Waals surface area contributed by atoms with Gasteiger partial charge in [0.25, 0.3) is 0 Å². The van der Waals surface area contributed by atoms with E-state index >= 15 is 0 Å². The van der Waals surface area contributed by atoms with E-state index in [1.54, 1.807) is 0 Å². The lowest BCUT2D eigenvalue weighted by Gasteiger charge is -2.23. The number of rotatable bonds is 7. The van der Waals surface area contributed by atoms with E-state index in [-0.39, 0.29) is 0 Å². The third-order valence-electron chi connectivity index (χ3n) is 4.17. The second kappa shape index (κ2) is 5.73. The van der Waals surface area contributed by atoms with E-state index in [0.29, 0.717) is 10.8 Å². The average Bonchev–Trinajstić information content (AvgIpc) is 2.79. The molecule has 0 heterocycles. The van der Waals surface area contributed by atoms with Gasteiger partial charge >= 0.3 is 0 Å². The Balaban J connectivity index is 2.32. The fourth-order valence-electron chi connectivity index (χ4n) is 2.82. The summed E-state index contributed by atoms with van der Waals surface area (Å²) in [6.45, 7) is 15.3. The smallest absolute Gasteiger partial charge is 0.0101 e. The third-order valence-corrected chi connectivity index (χ3v) is 4.17. The van der Waals surface area contributed by atoms with Crippen molar-refractivity contribution in [2.75, 3.05) is 6.54 Å². The van der Waals surface area contributed by atoms with Crippen molar-refractivity contribution in [3.05, 3.63) is 0 Å². The Morgan fingerprint density at radius 2 is 1.88 bits per heavy atom. The van der Waals surface area contributed by atoms with Crippen LogP contribution in [0.5, 0.6) is 0 Å². The van der Waals surface area contributed by atoms with Crippen molar-refractivity contribution in [3.63, 3.8) is 0 Å². The fourth-order valence-corrected chi connectivity index (χ4v) is 2.82. The summed E-state index contributed by atoms with van der Waals surface area (Å²) in [7, 11) is 0. The summed E-state index contributed by atoms with van der Waals surface area (Å²) in [5.74, 6) is 0.925. The standard InChI is InChI=1S/C16H33N/c1-7-11-17-14(13-12-16(13,5)6)9-8-10-15(2,3)4/h13-14,17H,7-12H2,1-6H3. The Bertz CT molecular complexity index is 224. The molecule has 0 aromatic rings. The van der Waals surface area contributed by atoms with Crippen LogP contribution in [0.25, 0.3) is 0 Å². The topological polar surface area (TPSA) is 12.0 Å². The Kier molecular flexibility index (Phi) is 5.07. The van der Waals surface area contributed by atoms with Crippen molar-refractivity contribution in [2.24, 2.45) is 16.7 Å². The van der Waals surface area contributed by atoms with Crippen LogP contribution in [-0.2, 0) is 0 Å². The van der Waals surface area contributed by atoms with E-state index < -0.39 is 0 Å². The van der Waals surface area contributed by atoms with Gasteiger partial charge in [-0.1, -0.05) is 48.0 Å². The van der Waals surface area contributed by atoms with Crippen LogP contribution in [0.4, 0.5) is 0 Å². The molecule has 0 saturated heterocycles. The normalized spacial score (nSPS) is 24.7. The molecule has 1 rings (SSSR count). The van der Waals surface area contributed by atoms with Gasteiger partial charge in [0, 0.05) is 6.04 Å². The first-order valence-electron chi connectivity index (χ1n) is 7.49. The molecule has 0 spiro atoms. The molecule has 102 valence electrons. The van der Waals surface area contributed by atoms with Gasteiger partial charge in [0.05, 0.1) is 0 Å². The zero-order valence-electron chi connectivity index (χ0n) is 12.9. The van der Waals surface area contributed by atoms with E-state index in [1.807, 2.05) is 0 Å². The molecule has 2 atom stereocenters. The molecular weight excluding hydrogens is 206 g/mol. The van der Waals surface area contributed by atoms with Crippen LogP contribution < -0.4 is 5.32 Å². The van der Waals surface area contributed by atoms with E-state index in [2.05, 4.69) is 46.9 Å². The maximum Gasteiger partial charge on any atom is 0.0101 e. The largest absolute Gasteiger partial charge is 0.314 e. The van der Waals surface area contributed by atoms with E-state index in [4.69, 9.17) is 0 Å². The zero-order valence-corrected chi connectivity index (χ0v) is 12.9. The molecule has 0 aromatic carbocycles. The Hall–Kier alpha value is -0.0400. The molecular formula is C16H33N. The predicted octanol–water partition coefficient (Wildman–Crippen LogP) is 4.62. The molecule has 2 unspecified atom stereocenters. The van der Waals surface area contributed by atoms with Gasteiger partial charge in [-0.3, -0.25) is 0 Å². The van der Waals surface area contributed by atoms with Crippen molar-refractivity contribution in [3.8, 4) is 0 Å². The molecule has 1 saturated carbocycles. The molecule has 0 amide bonds. The van der Waals surface area contributed by atoms with Crippen LogP contribution in [0, 0.1) is 16.7 Å². The van der Waals surface area contributed by atoms with Gasteiger partial charge in [-0.2, -0.15) is 0 Å². The third kappa shape index (κ3) is 5.42. The highest BCUT2D eigenvalue weighted by Crippen LogP contribution is 2.54. The second-order valence-corrected chi connectivity index (χ2v) is 7.81. The molecule has 17 heavy (non-hydrogen) atoms. The highest BCUT2D eigenvalue weighted by Gasteiger charge is 2.49. The van der Waals surface area contributed by atoms with Crippen molar-refractivity contribution in [1.29, 1.82) is 0 Å². The van der Waals surface area contributed by atoms with Crippen LogP contribution in [0.3, 0.4) is 0 Å². The lowest BCUT2D eigenvalue weighted by atomic mass is 9.88. The number of nitrogens with one attached hydrogen (secondary N) is 1. The molecule has 1 heteroatoms. The molecule has 1 N–H and O–H groups in total. The number of hydrogen-bond acceptors (Lipinski definition) is 1. The lowest BCUT2D eigenvalue weighted by Crippen LogP contribution is -2.33. The maximum atomic E-state index is 3.77. The van der Waals surface area contributed by atoms with Crippen LogP contribution >= 0.6 is 0 Å². The minimum atomic E-state index is 0.494. The highest BCUT2D eigenvalue weighted by molar-refractivity contribution is 5.01. The summed E-state index contributed by atoms with van der Waals surface area (Å²) in [5.41, 5.74) is 1.10. The summed E-state index contributed by atoms with van der Waals surface area (Å²) >= 11 is 0. The first-order valence-corrected chi connectivity index (χ1v) is 7.49. The fraction of sp³-hybridized carbons (Fsp3) is 1.00. The Morgan fingerprint density at radius 3 is 2.29 bits per heavy atom. The van der Waals surface area contributed by atoms with Gasteiger partial charge in [-0.15, -0.1) is 0 Å². The SMILES string of the molecule is CCCNC(CCCC(C)(C)C)C1CC1(C)C. The van der Waals surface area contributed by atoms with E-state index in [1.165, 1.54) is 38.6 Å². The first-order chi connectivity index (χ1) is 7.76.